The largest absolute Gasteiger partial charge is 0.480 e. The maximum absolute atomic E-state index is 12.7. The van der Waals surface area contributed by atoms with Crippen LogP contribution in [0.2, 0.25) is 0 Å². The fraction of sp³-hybridized carbons (Fsp3) is 0.278. The van der Waals surface area contributed by atoms with E-state index in [-0.39, 0.29) is 25.0 Å². The van der Waals surface area contributed by atoms with Crippen LogP contribution in [0.15, 0.2) is 42.5 Å². The summed E-state index contributed by atoms with van der Waals surface area (Å²) in [6.45, 7) is 0.224. The van der Waals surface area contributed by atoms with E-state index in [0.717, 1.165) is 11.3 Å². The number of nitrogens with zero attached hydrogens (tertiary/aromatic N) is 1. The van der Waals surface area contributed by atoms with Gasteiger partial charge in [-0.25, -0.2) is 9.59 Å². The minimum absolute atomic E-state index is 0.224. The highest BCUT2D eigenvalue weighted by Crippen LogP contribution is 2.28. The number of likely N-dealkylation sites (tertiary alicyclic amines) is 1. The highest BCUT2D eigenvalue weighted by Gasteiger charge is 2.40. The number of nitrogens with one attached hydrogen (secondary N) is 2. The Morgan fingerprint density at radius 1 is 1.15 bits per heavy atom. The van der Waals surface area contributed by atoms with Gasteiger partial charge in [0.1, 0.15) is 6.04 Å². The zero-order valence-electron chi connectivity index (χ0n) is 14.5. The Labute approximate surface area is 159 Å². The summed E-state index contributed by atoms with van der Waals surface area (Å²) >= 11 is 1.09. The number of anilines is 2. The molecule has 3 N–H and O–H groups in total. The van der Waals surface area contributed by atoms with Gasteiger partial charge in [0.2, 0.25) is 0 Å². The standard InChI is InChI=1S/C18H19N3O5S/c1-26-12-9-13(17(23)24)21(10-12)16(22)14-7-8-15(27-14)20-18(25)19-11-5-3-2-4-6-11/h2-8,12-13H,9-10H2,1H3,(H,23,24)(H2,19,20,25). The predicted molar refractivity (Wildman–Crippen MR) is 101 cm³/mol. The van der Waals surface area contributed by atoms with Gasteiger partial charge >= 0.3 is 12.0 Å². The molecule has 3 rings (SSSR count). The number of carbonyl (C=O) groups is 3. The SMILES string of the molecule is COC1CC(C(=O)O)N(C(=O)c2ccc(NC(=O)Nc3ccccc3)s2)C1. The van der Waals surface area contributed by atoms with E-state index in [1.54, 1.807) is 36.4 Å². The molecule has 1 aliphatic heterocycles. The zero-order valence-corrected chi connectivity index (χ0v) is 15.4. The van der Waals surface area contributed by atoms with Crippen molar-refractivity contribution in [1.82, 2.24) is 4.90 Å². The first-order valence-corrected chi connectivity index (χ1v) is 9.09. The molecule has 9 heteroatoms. The first-order chi connectivity index (χ1) is 13.0. The molecule has 1 aromatic carbocycles. The highest BCUT2D eigenvalue weighted by atomic mass is 32.1. The van der Waals surface area contributed by atoms with Gasteiger partial charge in [-0.3, -0.25) is 10.1 Å². The Hall–Kier alpha value is -2.91. The van der Waals surface area contributed by atoms with Crippen LogP contribution >= 0.6 is 11.3 Å². The molecule has 1 fully saturated rings. The summed E-state index contributed by atoms with van der Waals surface area (Å²) in [6, 6.07) is 10.8. The molecule has 2 heterocycles. The fourth-order valence-corrected chi connectivity index (χ4v) is 3.74. The summed E-state index contributed by atoms with van der Waals surface area (Å²) in [5, 5.41) is 15.2. The number of para-hydroxylation sites is 1. The monoisotopic (exact) mass is 389 g/mol. The molecular weight excluding hydrogens is 370 g/mol. The van der Waals surface area contributed by atoms with Crippen LogP contribution in [0.25, 0.3) is 0 Å². The summed E-state index contributed by atoms with van der Waals surface area (Å²) in [5.74, 6) is -1.44. The van der Waals surface area contributed by atoms with Crippen molar-refractivity contribution >= 4 is 39.9 Å². The van der Waals surface area contributed by atoms with Gasteiger partial charge in [-0.15, -0.1) is 11.3 Å². The van der Waals surface area contributed by atoms with Gasteiger partial charge in [0, 0.05) is 25.8 Å². The minimum atomic E-state index is -1.06. The second-order valence-electron chi connectivity index (χ2n) is 6.01. The third-order valence-corrected chi connectivity index (χ3v) is 5.22. The molecule has 2 aromatic rings. The van der Waals surface area contributed by atoms with E-state index < -0.39 is 18.0 Å². The zero-order chi connectivity index (χ0) is 19.4. The van der Waals surface area contributed by atoms with Crippen molar-refractivity contribution in [3.8, 4) is 0 Å². The molecule has 1 aromatic heterocycles. The van der Waals surface area contributed by atoms with Crippen LogP contribution in [0.4, 0.5) is 15.5 Å². The number of rotatable bonds is 5. The number of amides is 3. The Bertz CT molecular complexity index is 839. The summed E-state index contributed by atoms with van der Waals surface area (Å²) in [6.07, 6.45) is -0.0441. The maximum atomic E-state index is 12.7. The molecule has 142 valence electrons. The number of methoxy groups -OCH3 is 1. The lowest BCUT2D eigenvalue weighted by Gasteiger charge is -2.20. The van der Waals surface area contributed by atoms with Gasteiger partial charge in [-0.05, 0) is 24.3 Å². The van der Waals surface area contributed by atoms with Crippen LogP contribution in [0, 0.1) is 0 Å². The first kappa shape index (κ1) is 18.9. The molecule has 0 saturated carbocycles. The van der Waals surface area contributed by atoms with Gasteiger partial charge in [0.15, 0.2) is 0 Å². The number of hydrogen-bond donors (Lipinski definition) is 3. The number of thiophene rings is 1. The minimum Gasteiger partial charge on any atom is -0.480 e. The van der Waals surface area contributed by atoms with Gasteiger partial charge in [-0.2, -0.15) is 0 Å². The lowest BCUT2D eigenvalue weighted by atomic mass is 10.2. The number of carbonyl (C=O) groups excluding carboxylic acids is 2. The van der Waals surface area contributed by atoms with E-state index in [1.807, 2.05) is 6.07 Å². The molecule has 27 heavy (non-hydrogen) atoms. The lowest BCUT2D eigenvalue weighted by molar-refractivity contribution is -0.141. The van der Waals surface area contributed by atoms with Crippen LogP contribution in [0.1, 0.15) is 16.1 Å². The van der Waals surface area contributed by atoms with Crippen molar-refractivity contribution in [2.75, 3.05) is 24.3 Å². The van der Waals surface area contributed by atoms with Gasteiger partial charge in [-0.1, -0.05) is 18.2 Å². The number of carboxylic acid groups (broad SMARTS) is 1. The third kappa shape index (κ3) is 4.44. The van der Waals surface area contributed by atoms with E-state index in [1.165, 1.54) is 12.0 Å². The number of urea groups is 1. The molecule has 8 nitrogen and oxygen atoms in total. The second kappa shape index (κ2) is 8.19. The summed E-state index contributed by atoms with van der Waals surface area (Å²) in [7, 11) is 1.50. The Morgan fingerprint density at radius 2 is 1.89 bits per heavy atom. The normalized spacial score (nSPS) is 18.9. The maximum Gasteiger partial charge on any atom is 0.326 e. The van der Waals surface area contributed by atoms with Crippen LogP contribution in [0.3, 0.4) is 0 Å². The van der Waals surface area contributed by atoms with Crippen molar-refractivity contribution in [3.63, 3.8) is 0 Å². The number of benzene rings is 1. The number of ether oxygens (including phenoxy) is 1. The summed E-state index contributed by atoms with van der Waals surface area (Å²) in [4.78, 5) is 37.8. The molecule has 1 aliphatic rings. The van der Waals surface area contributed by atoms with Crippen molar-refractivity contribution in [2.45, 2.75) is 18.6 Å². The molecular formula is C18H19N3O5S. The molecule has 2 unspecified atom stereocenters. The van der Waals surface area contributed by atoms with Gasteiger partial charge in [0.05, 0.1) is 16.0 Å². The quantitative estimate of drug-likeness (QED) is 0.729. The Morgan fingerprint density at radius 3 is 2.56 bits per heavy atom. The van der Waals surface area contributed by atoms with E-state index in [4.69, 9.17) is 4.74 Å². The van der Waals surface area contributed by atoms with E-state index >= 15 is 0 Å². The number of hydrogen-bond acceptors (Lipinski definition) is 5. The van der Waals surface area contributed by atoms with Gasteiger partial charge < -0.3 is 20.1 Å². The summed E-state index contributed by atoms with van der Waals surface area (Å²) in [5.41, 5.74) is 0.648. The highest BCUT2D eigenvalue weighted by molar-refractivity contribution is 7.18. The second-order valence-corrected chi connectivity index (χ2v) is 7.10. The number of aliphatic carboxylic acids is 1. The molecule has 0 radical (unpaired) electrons. The lowest BCUT2D eigenvalue weighted by Crippen LogP contribution is -2.40. The van der Waals surface area contributed by atoms with Gasteiger partial charge in [0.25, 0.3) is 5.91 Å². The molecule has 2 atom stereocenters. The van der Waals surface area contributed by atoms with Crippen molar-refractivity contribution < 1.29 is 24.2 Å². The van der Waals surface area contributed by atoms with E-state index in [0.29, 0.717) is 15.6 Å². The molecule has 0 aliphatic carbocycles. The van der Waals surface area contributed by atoms with Crippen molar-refractivity contribution in [2.24, 2.45) is 0 Å². The average Bonchev–Trinajstić information content (AvgIpc) is 3.29. The first-order valence-electron chi connectivity index (χ1n) is 8.27. The Kier molecular flexibility index (Phi) is 5.72. The van der Waals surface area contributed by atoms with Crippen LogP contribution in [-0.2, 0) is 9.53 Å². The fourth-order valence-electron chi connectivity index (χ4n) is 2.88. The number of carboxylic acids is 1. The van der Waals surface area contributed by atoms with Crippen LogP contribution < -0.4 is 10.6 Å². The van der Waals surface area contributed by atoms with E-state index in [9.17, 15) is 19.5 Å². The summed E-state index contributed by atoms with van der Waals surface area (Å²) < 4.78 is 5.20. The van der Waals surface area contributed by atoms with Crippen LogP contribution in [0.5, 0.6) is 0 Å². The Balaban J connectivity index is 1.65. The molecule has 0 bridgehead atoms. The topological polar surface area (TPSA) is 108 Å². The average molecular weight is 389 g/mol. The third-order valence-electron chi connectivity index (χ3n) is 4.23. The molecule has 0 spiro atoms. The van der Waals surface area contributed by atoms with Crippen molar-refractivity contribution in [3.05, 3.63) is 47.3 Å². The molecule has 3 amide bonds. The predicted octanol–water partition coefficient (Wildman–Crippen LogP) is 2.71. The smallest absolute Gasteiger partial charge is 0.326 e. The van der Waals surface area contributed by atoms with Crippen LogP contribution in [-0.4, -0.2) is 53.7 Å². The molecule has 1 saturated heterocycles. The van der Waals surface area contributed by atoms with Crippen molar-refractivity contribution in [1.29, 1.82) is 0 Å². The van der Waals surface area contributed by atoms with E-state index in [2.05, 4.69) is 10.6 Å².